The van der Waals surface area contributed by atoms with E-state index in [1.54, 1.807) is 6.07 Å². The molecule has 6 rings (SSSR count). The van der Waals surface area contributed by atoms with Crippen LogP contribution >= 0.6 is 0 Å². The van der Waals surface area contributed by atoms with E-state index in [2.05, 4.69) is 24.6 Å². The summed E-state index contributed by atoms with van der Waals surface area (Å²) >= 11 is 0. The Morgan fingerprint density at radius 2 is 1.76 bits per heavy atom. The number of aliphatic imine (C=N–C) groups is 1. The lowest BCUT2D eigenvalue weighted by molar-refractivity contribution is -0.125. The number of piperidine rings is 1. The highest BCUT2D eigenvalue weighted by Gasteiger charge is 2.32. The molecule has 0 radical (unpaired) electrons. The number of rotatable bonds is 7. The number of nitrogens with zero attached hydrogens (tertiary/aromatic N) is 4. The summed E-state index contributed by atoms with van der Waals surface area (Å²) in [4.78, 5) is 28.0. The number of pyridine rings is 2. The van der Waals surface area contributed by atoms with Gasteiger partial charge in [0.2, 0.25) is 5.91 Å². The average Bonchev–Trinajstić information content (AvgIpc) is 3.42. The van der Waals surface area contributed by atoms with E-state index in [4.69, 9.17) is 4.74 Å². The highest BCUT2D eigenvalue weighted by atomic mass is 32.2. The van der Waals surface area contributed by atoms with Crippen LogP contribution < -0.4 is 9.62 Å². The molecule has 11 heteroatoms. The van der Waals surface area contributed by atoms with Crippen molar-refractivity contribution in [3.05, 3.63) is 78.0 Å². The fraction of sp³-hybridized carbons (Fsp3) is 0.400. The van der Waals surface area contributed by atoms with Crippen LogP contribution in [0.5, 0.6) is 0 Å². The third kappa shape index (κ3) is 6.31. The summed E-state index contributed by atoms with van der Waals surface area (Å²) in [6.45, 7) is 1.68. The van der Waals surface area contributed by atoms with Gasteiger partial charge in [0, 0.05) is 49.6 Å². The minimum Gasteiger partial charge on any atom is -0.375 e. The number of hydrogen-bond acceptors (Lipinski definition) is 8. The zero-order valence-electron chi connectivity index (χ0n) is 22.6. The lowest BCUT2D eigenvalue weighted by Gasteiger charge is -2.36. The first-order valence-electron chi connectivity index (χ1n) is 14.0. The maximum absolute atomic E-state index is 13.5. The van der Waals surface area contributed by atoms with Crippen molar-refractivity contribution < 1.29 is 22.3 Å². The lowest BCUT2D eigenvalue weighted by atomic mass is 9.87. The number of amides is 1. The Balaban J connectivity index is 0.946. The minimum atomic E-state index is -3.91. The van der Waals surface area contributed by atoms with Crippen LogP contribution in [0.25, 0.3) is 0 Å². The van der Waals surface area contributed by atoms with Crippen LogP contribution in [0, 0.1) is 11.7 Å². The van der Waals surface area contributed by atoms with Crippen LogP contribution in [0.3, 0.4) is 0 Å². The van der Waals surface area contributed by atoms with E-state index in [0.717, 1.165) is 61.4 Å². The van der Waals surface area contributed by atoms with Gasteiger partial charge in [0.1, 0.15) is 16.5 Å². The number of carbonyl (C=O) groups excluding carboxylic acids is 1. The van der Waals surface area contributed by atoms with E-state index < -0.39 is 15.9 Å². The van der Waals surface area contributed by atoms with Gasteiger partial charge < -0.3 is 9.64 Å². The van der Waals surface area contributed by atoms with E-state index >= 15 is 0 Å². The molecule has 3 aliphatic rings. The fourth-order valence-electron chi connectivity index (χ4n) is 5.80. The van der Waals surface area contributed by atoms with Crippen LogP contribution in [-0.2, 0) is 26.0 Å². The molecule has 9 nitrogen and oxygen atoms in total. The average molecular weight is 578 g/mol. The van der Waals surface area contributed by atoms with Gasteiger partial charge in [-0.1, -0.05) is 6.07 Å². The number of nitrogens with one attached hydrogen (secondary N) is 1. The molecule has 0 spiro atoms. The second-order valence-corrected chi connectivity index (χ2v) is 12.6. The number of carbonyl (C=O) groups is 1. The molecule has 1 saturated carbocycles. The summed E-state index contributed by atoms with van der Waals surface area (Å²) in [5.74, 6) is -0.164. The Labute approximate surface area is 238 Å². The van der Waals surface area contributed by atoms with Crippen LogP contribution in [0.2, 0.25) is 0 Å². The molecule has 1 aliphatic carbocycles. The standard InChI is InChI=1S/C30H32FN5O4S/c31-23-7-3-21-16-27(34-28(21)17-23)22-6-10-29(33-18-22)36-14-11-25(12-15-36)40-24-8-4-20(5-9-24)30(37)35-41(38,39)26-2-1-13-32-19-26/h1-3,6-7,10,13,17-20,24-25H,4-5,8-9,11-12,14-16H2,(H,35,37). The van der Waals surface area contributed by atoms with Crippen LogP contribution in [0.1, 0.15) is 49.7 Å². The normalized spacial score (nSPS) is 21.3. The smallest absolute Gasteiger partial charge is 0.265 e. The summed E-state index contributed by atoms with van der Waals surface area (Å²) in [7, 11) is -3.91. The van der Waals surface area contributed by atoms with Gasteiger partial charge in [0.05, 0.1) is 23.6 Å². The third-order valence-electron chi connectivity index (χ3n) is 8.12. The Hall–Kier alpha value is -3.70. The van der Waals surface area contributed by atoms with Crippen LogP contribution in [-0.4, -0.2) is 55.3 Å². The zero-order valence-corrected chi connectivity index (χ0v) is 23.4. The number of sulfonamides is 1. The molecule has 0 atom stereocenters. The quantitative estimate of drug-likeness (QED) is 0.444. The van der Waals surface area contributed by atoms with E-state index in [-0.39, 0.29) is 28.8 Å². The third-order valence-corrected chi connectivity index (χ3v) is 9.45. The molecular weight excluding hydrogens is 545 g/mol. The van der Waals surface area contributed by atoms with Gasteiger partial charge in [0.25, 0.3) is 10.0 Å². The molecule has 2 aromatic heterocycles. The van der Waals surface area contributed by atoms with Gasteiger partial charge in [0.15, 0.2) is 0 Å². The van der Waals surface area contributed by atoms with Crippen molar-refractivity contribution >= 4 is 33.1 Å². The molecular formula is C30H32FN5O4S. The number of halogens is 1. The Morgan fingerprint density at radius 3 is 2.46 bits per heavy atom. The fourth-order valence-corrected chi connectivity index (χ4v) is 6.81. The predicted molar refractivity (Wildman–Crippen MR) is 152 cm³/mol. The number of benzene rings is 1. The molecule has 2 fully saturated rings. The predicted octanol–water partition coefficient (Wildman–Crippen LogP) is 4.34. The number of aromatic nitrogens is 2. The molecule has 1 aromatic carbocycles. The maximum atomic E-state index is 13.5. The van der Waals surface area contributed by atoms with Gasteiger partial charge in [-0.25, -0.2) is 22.5 Å². The Bertz CT molecular complexity index is 1530. The molecule has 1 N–H and O–H groups in total. The van der Waals surface area contributed by atoms with Gasteiger partial charge in [-0.3, -0.25) is 14.8 Å². The monoisotopic (exact) mass is 577 g/mol. The molecule has 0 unspecified atom stereocenters. The van der Waals surface area contributed by atoms with E-state index in [1.165, 1.54) is 36.7 Å². The largest absolute Gasteiger partial charge is 0.375 e. The number of ether oxygens (including phenoxy) is 1. The zero-order chi connectivity index (χ0) is 28.4. The van der Waals surface area contributed by atoms with Crippen molar-refractivity contribution in [3.8, 4) is 0 Å². The van der Waals surface area contributed by atoms with Crippen molar-refractivity contribution in [1.29, 1.82) is 0 Å². The highest BCUT2D eigenvalue weighted by molar-refractivity contribution is 7.90. The SMILES string of the molecule is O=C(NS(=O)(=O)c1cccnc1)C1CCC(OC2CCN(c3ccc(C4=Nc5cc(F)ccc5C4)cn3)CC2)CC1. The van der Waals surface area contributed by atoms with Crippen molar-refractivity contribution in [2.45, 2.75) is 62.0 Å². The van der Waals surface area contributed by atoms with Crippen molar-refractivity contribution in [3.63, 3.8) is 0 Å². The molecule has 2 aliphatic heterocycles. The van der Waals surface area contributed by atoms with Crippen LogP contribution in [0.4, 0.5) is 15.9 Å². The first-order chi connectivity index (χ1) is 19.8. The summed E-state index contributed by atoms with van der Waals surface area (Å²) in [6, 6.07) is 11.7. The summed E-state index contributed by atoms with van der Waals surface area (Å²) in [6.07, 6.45) is 9.89. The van der Waals surface area contributed by atoms with E-state index in [9.17, 15) is 17.6 Å². The van der Waals surface area contributed by atoms with Gasteiger partial charge in [-0.05, 0) is 80.5 Å². The van der Waals surface area contributed by atoms with Gasteiger partial charge >= 0.3 is 0 Å². The Kier molecular flexibility index (Phi) is 7.81. The molecule has 3 aromatic rings. The van der Waals surface area contributed by atoms with Crippen molar-refractivity contribution in [2.75, 3.05) is 18.0 Å². The molecule has 0 bridgehead atoms. The van der Waals surface area contributed by atoms with Gasteiger partial charge in [-0.2, -0.15) is 0 Å². The van der Waals surface area contributed by atoms with Crippen molar-refractivity contribution in [1.82, 2.24) is 14.7 Å². The summed E-state index contributed by atoms with van der Waals surface area (Å²) in [5, 5.41) is 0. The molecule has 1 amide bonds. The second-order valence-electron chi connectivity index (χ2n) is 10.9. The highest BCUT2D eigenvalue weighted by Crippen LogP contribution is 2.31. The van der Waals surface area contributed by atoms with Crippen molar-refractivity contribution in [2.24, 2.45) is 10.9 Å². The molecule has 214 valence electrons. The number of fused-ring (bicyclic) bond motifs is 1. The summed E-state index contributed by atoms with van der Waals surface area (Å²) in [5.41, 5.74) is 3.57. The molecule has 4 heterocycles. The number of hydrogen-bond donors (Lipinski definition) is 1. The topological polar surface area (TPSA) is 114 Å². The molecule has 1 saturated heterocycles. The van der Waals surface area contributed by atoms with E-state index in [1.807, 2.05) is 18.3 Å². The van der Waals surface area contributed by atoms with Crippen LogP contribution in [0.15, 0.2) is 70.9 Å². The second kappa shape index (κ2) is 11.7. The first kappa shape index (κ1) is 27.5. The first-order valence-corrected chi connectivity index (χ1v) is 15.5. The van der Waals surface area contributed by atoms with Gasteiger partial charge in [-0.15, -0.1) is 0 Å². The van der Waals surface area contributed by atoms with E-state index in [0.29, 0.717) is 24.9 Å². The Morgan fingerprint density at radius 1 is 0.976 bits per heavy atom. The minimum absolute atomic E-state index is 0.0186. The number of anilines is 1. The summed E-state index contributed by atoms with van der Waals surface area (Å²) < 4.78 is 47.0. The molecule has 41 heavy (non-hydrogen) atoms. The lowest BCUT2D eigenvalue weighted by Crippen LogP contribution is -2.41. The maximum Gasteiger partial charge on any atom is 0.265 e.